The van der Waals surface area contributed by atoms with Gasteiger partial charge in [0.05, 0.1) is 20.8 Å². The Morgan fingerprint density at radius 3 is 2.26 bits per heavy atom. The third kappa shape index (κ3) is 8.73. The van der Waals surface area contributed by atoms with Gasteiger partial charge in [0, 0.05) is 37.2 Å². The van der Waals surface area contributed by atoms with Gasteiger partial charge in [0.25, 0.3) is 0 Å². The Labute approximate surface area is 155 Å². The van der Waals surface area contributed by atoms with E-state index in [1.54, 1.807) is 20.3 Å². The summed E-state index contributed by atoms with van der Waals surface area (Å²) in [5, 5.41) is 3.12. The molecule has 0 aliphatic rings. The zero-order chi connectivity index (χ0) is 16.4. The molecule has 0 saturated heterocycles. The van der Waals surface area contributed by atoms with E-state index in [1.165, 1.54) is 0 Å². The zero-order valence-electron chi connectivity index (χ0n) is 14.3. The lowest BCUT2D eigenvalue weighted by atomic mass is 10.3. The molecule has 0 aliphatic heterocycles. The molecule has 6 nitrogen and oxygen atoms in total. The number of hydrogen-bond donors (Lipinski definition) is 2. The van der Waals surface area contributed by atoms with Crippen molar-refractivity contribution in [2.75, 3.05) is 27.4 Å². The zero-order valence-corrected chi connectivity index (χ0v) is 16.6. The van der Waals surface area contributed by atoms with Gasteiger partial charge in [-0.25, -0.2) is 0 Å². The van der Waals surface area contributed by atoms with Gasteiger partial charge in [-0.3, -0.25) is 4.99 Å². The Kier molecular flexibility index (Phi) is 11.4. The minimum atomic E-state index is 0. The molecule has 7 heteroatoms. The monoisotopic (exact) mass is 437 g/mol. The molecule has 132 valence electrons. The van der Waals surface area contributed by atoms with Crippen molar-refractivity contribution < 1.29 is 14.2 Å². The first-order valence-electron chi connectivity index (χ1n) is 7.51. The number of rotatable bonds is 9. The van der Waals surface area contributed by atoms with Crippen molar-refractivity contribution in [1.82, 2.24) is 5.32 Å². The summed E-state index contributed by atoms with van der Waals surface area (Å²) in [6, 6.07) is 5.79. The molecule has 1 aromatic rings. The van der Waals surface area contributed by atoms with Crippen LogP contribution in [0.1, 0.15) is 26.7 Å². The van der Waals surface area contributed by atoms with Gasteiger partial charge in [0.15, 0.2) is 5.96 Å². The first-order chi connectivity index (χ1) is 10.6. The molecule has 0 aromatic heterocycles. The van der Waals surface area contributed by atoms with Crippen LogP contribution in [0.4, 0.5) is 0 Å². The summed E-state index contributed by atoms with van der Waals surface area (Å²) >= 11 is 0. The van der Waals surface area contributed by atoms with E-state index < -0.39 is 0 Å². The van der Waals surface area contributed by atoms with E-state index in [0.717, 1.165) is 12.8 Å². The number of halogens is 1. The number of methoxy groups -OCH3 is 2. The maximum atomic E-state index is 5.78. The minimum absolute atomic E-state index is 0. The van der Waals surface area contributed by atoms with Crippen LogP contribution in [0.15, 0.2) is 23.2 Å². The number of nitrogens with zero attached hydrogens (tertiary/aromatic N) is 1. The fourth-order valence-electron chi connectivity index (χ4n) is 1.72. The Bertz CT molecular complexity index is 461. The Hall–Kier alpha value is -1.38. The van der Waals surface area contributed by atoms with Crippen LogP contribution in [0.25, 0.3) is 0 Å². The van der Waals surface area contributed by atoms with Gasteiger partial charge in [0.1, 0.15) is 17.2 Å². The van der Waals surface area contributed by atoms with Crippen molar-refractivity contribution in [3.8, 4) is 17.2 Å². The first-order valence-corrected chi connectivity index (χ1v) is 7.51. The maximum Gasteiger partial charge on any atom is 0.188 e. The molecule has 1 unspecified atom stereocenters. The number of ether oxygens (including phenoxy) is 3. The topological polar surface area (TPSA) is 78.1 Å². The molecular formula is C16H28IN3O3. The average Bonchev–Trinajstić information content (AvgIpc) is 2.53. The van der Waals surface area contributed by atoms with Crippen LogP contribution in [-0.2, 0) is 0 Å². The second kappa shape index (κ2) is 12.1. The van der Waals surface area contributed by atoms with Crippen LogP contribution < -0.4 is 25.3 Å². The van der Waals surface area contributed by atoms with E-state index in [9.17, 15) is 0 Å². The predicted molar refractivity (Wildman–Crippen MR) is 104 cm³/mol. The largest absolute Gasteiger partial charge is 0.496 e. The average molecular weight is 437 g/mol. The van der Waals surface area contributed by atoms with Gasteiger partial charge >= 0.3 is 0 Å². The lowest BCUT2D eigenvalue weighted by Crippen LogP contribution is -2.38. The number of nitrogens with two attached hydrogens (primary N) is 1. The third-order valence-corrected chi connectivity index (χ3v) is 3.18. The molecule has 0 radical (unpaired) electrons. The van der Waals surface area contributed by atoms with Gasteiger partial charge in [-0.05, 0) is 13.3 Å². The molecular weight excluding hydrogens is 409 g/mol. The number of guanidine groups is 1. The number of hydrogen-bond acceptors (Lipinski definition) is 4. The van der Waals surface area contributed by atoms with Crippen LogP contribution in [-0.4, -0.2) is 39.4 Å². The fraction of sp³-hybridized carbons (Fsp3) is 0.562. The Balaban J connectivity index is 0.00000484. The lowest BCUT2D eigenvalue weighted by molar-refractivity contribution is 0.307. The van der Waals surface area contributed by atoms with E-state index >= 15 is 0 Å². The highest BCUT2D eigenvalue weighted by atomic mass is 127. The van der Waals surface area contributed by atoms with Crippen LogP contribution in [0.2, 0.25) is 0 Å². The summed E-state index contributed by atoms with van der Waals surface area (Å²) in [6.45, 7) is 5.34. The normalized spacial score (nSPS) is 12.1. The Morgan fingerprint density at radius 1 is 1.17 bits per heavy atom. The highest BCUT2D eigenvalue weighted by molar-refractivity contribution is 14.0. The van der Waals surface area contributed by atoms with Gasteiger partial charge < -0.3 is 25.3 Å². The molecule has 0 amide bonds. The van der Waals surface area contributed by atoms with Crippen molar-refractivity contribution >= 4 is 29.9 Å². The van der Waals surface area contributed by atoms with Crippen LogP contribution in [0.3, 0.4) is 0 Å². The predicted octanol–water partition coefficient (Wildman–Crippen LogP) is 2.79. The standard InChI is InChI=1S/C16H27N3O3.HI/c1-5-12(2)19-16(17)18-7-6-8-22-15-10-13(20-3)9-14(11-15)21-4;/h9-12H,5-8H2,1-4H3,(H3,17,18,19);1H. The Morgan fingerprint density at radius 2 is 1.74 bits per heavy atom. The van der Waals surface area contributed by atoms with Crippen molar-refractivity contribution in [1.29, 1.82) is 0 Å². The van der Waals surface area contributed by atoms with Crippen LogP contribution in [0.5, 0.6) is 17.2 Å². The molecule has 1 rings (SSSR count). The van der Waals surface area contributed by atoms with E-state index in [-0.39, 0.29) is 24.0 Å². The van der Waals surface area contributed by atoms with E-state index in [2.05, 4.69) is 24.2 Å². The van der Waals surface area contributed by atoms with Gasteiger partial charge in [-0.1, -0.05) is 6.92 Å². The molecule has 3 N–H and O–H groups in total. The van der Waals surface area contributed by atoms with E-state index in [1.807, 2.05) is 12.1 Å². The molecule has 0 saturated carbocycles. The maximum absolute atomic E-state index is 5.78. The van der Waals surface area contributed by atoms with Gasteiger partial charge in [0.2, 0.25) is 0 Å². The molecule has 1 aromatic carbocycles. The lowest BCUT2D eigenvalue weighted by Gasteiger charge is -2.12. The van der Waals surface area contributed by atoms with Crippen LogP contribution >= 0.6 is 24.0 Å². The van der Waals surface area contributed by atoms with Crippen molar-refractivity contribution in [3.63, 3.8) is 0 Å². The minimum Gasteiger partial charge on any atom is -0.496 e. The summed E-state index contributed by atoms with van der Waals surface area (Å²) < 4.78 is 16.1. The third-order valence-electron chi connectivity index (χ3n) is 3.18. The highest BCUT2D eigenvalue weighted by Gasteiger charge is 2.03. The van der Waals surface area contributed by atoms with Crippen molar-refractivity contribution in [2.24, 2.45) is 10.7 Å². The van der Waals surface area contributed by atoms with Crippen molar-refractivity contribution in [3.05, 3.63) is 18.2 Å². The molecule has 23 heavy (non-hydrogen) atoms. The van der Waals surface area contributed by atoms with Crippen molar-refractivity contribution in [2.45, 2.75) is 32.7 Å². The quantitative estimate of drug-likeness (QED) is 0.269. The molecule has 0 bridgehead atoms. The number of aliphatic imine (C=N–C) groups is 1. The molecule has 0 fully saturated rings. The second-order valence-corrected chi connectivity index (χ2v) is 4.97. The summed E-state index contributed by atoms with van der Waals surface area (Å²) in [4.78, 5) is 4.26. The van der Waals surface area contributed by atoms with E-state index in [4.69, 9.17) is 19.9 Å². The summed E-state index contributed by atoms with van der Waals surface area (Å²) in [6.07, 6.45) is 1.79. The summed E-state index contributed by atoms with van der Waals surface area (Å²) in [5.74, 6) is 2.60. The number of nitrogens with one attached hydrogen (secondary N) is 1. The molecule has 1 atom stereocenters. The van der Waals surface area contributed by atoms with Gasteiger partial charge in [-0.15, -0.1) is 24.0 Å². The smallest absolute Gasteiger partial charge is 0.188 e. The van der Waals surface area contributed by atoms with Gasteiger partial charge in [-0.2, -0.15) is 0 Å². The number of benzene rings is 1. The SMILES string of the molecule is CCC(C)NC(N)=NCCCOc1cc(OC)cc(OC)c1.I. The molecule has 0 aliphatic carbocycles. The van der Waals surface area contributed by atoms with Crippen LogP contribution in [0, 0.1) is 0 Å². The fourth-order valence-corrected chi connectivity index (χ4v) is 1.72. The summed E-state index contributed by atoms with van der Waals surface area (Å²) in [7, 11) is 3.22. The molecule has 0 heterocycles. The molecule has 0 spiro atoms. The first kappa shape index (κ1) is 21.6. The summed E-state index contributed by atoms with van der Waals surface area (Å²) in [5.41, 5.74) is 5.78. The second-order valence-electron chi connectivity index (χ2n) is 4.97. The highest BCUT2D eigenvalue weighted by Crippen LogP contribution is 2.27. The van der Waals surface area contributed by atoms with E-state index in [0.29, 0.717) is 42.4 Å².